The van der Waals surface area contributed by atoms with Gasteiger partial charge in [-0.3, -0.25) is 0 Å². The highest BCUT2D eigenvalue weighted by atomic mass is 28.3. The number of benzene rings is 1. The van der Waals surface area contributed by atoms with E-state index in [1.807, 2.05) is 20.2 Å². The lowest BCUT2D eigenvalue weighted by Gasteiger charge is -2.20. The van der Waals surface area contributed by atoms with Gasteiger partial charge in [-0.15, -0.1) is 0 Å². The smallest absolute Gasteiger partial charge is 0.175 e. The fraction of sp³-hybridized carbons (Fsp3) is 0.417. The van der Waals surface area contributed by atoms with Gasteiger partial charge in [0.15, 0.2) is 8.24 Å². The molecule has 0 aliphatic heterocycles. The average molecular weight is 220 g/mol. The van der Waals surface area contributed by atoms with Gasteiger partial charge in [0.1, 0.15) is 5.84 Å². The summed E-state index contributed by atoms with van der Waals surface area (Å²) in [5.74, 6) is 1.09. The molecule has 2 nitrogen and oxygen atoms in total. The largest absolute Gasteiger partial charge is 0.363 e. The Balaban J connectivity index is 3.10. The zero-order valence-corrected chi connectivity index (χ0v) is 11.3. The Hall–Kier alpha value is -1.09. The number of hydrogen-bond acceptors (Lipinski definition) is 1. The van der Waals surface area contributed by atoms with Crippen molar-refractivity contribution in [1.29, 1.82) is 0 Å². The molecule has 15 heavy (non-hydrogen) atoms. The fourth-order valence-corrected chi connectivity index (χ4v) is 2.29. The first kappa shape index (κ1) is 12.0. The molecule has 0 aromatic heterocycles. The highest BCUT2D eigenvalue weighted by Gasteiger charge is 2.15. The molecule has 3 heteroatoms. The highest BCUT2D eigenvalue weighted by Crippen LogP contribution is 2.09. The highest BCUT2D eigenvalue weighted by molar-refractivity contribution is 6.75. The number of amidine groups is 1. The maximum absolute atomic E-state index is 4.86. The molecule has 0 aliphatic carbocycles. The van der Waals surface area contributed by atoms with E-state index in [-0.39, 0.29) is 0 Å². The molecule has 0 atom stereocenters. The molecule has 0 radical (unpaired) electrons. The zero-order valence-electron chi connectivity index (χ0n) is 10.3. The van der Waals surface area contributed by atoms with Gasteiger partial charge in [0.25, 0.3) is 0 Å². The van der Waals surface area contributed by atoms with Gasteiger partial charge in [-0.1, -0.05) is 30.3 Å². The summed E-state index contributed by atoms with van der Waals surface area (Å²) < 4.78 is 4.86. The minimum atomic E-state index is -1.42. The summed E-state index contributed by atoms with van der Waals surface area (Å²) in [7, 11) is 2.68. The summed E-state index contributed by atoms with van der Waals surface area (Å²) in [6.07, 6.45) is 0. The van der Waals surface area contributed by atoms with Gasteiger partial charge < -0.3 is 9.56 Å². The van der Waals surface area contributed by atoms with E-state index in [1.165, 1.54) is 5.56 Å². The van der Waals surface area contributed by atoms with Gasteiger partial charge in [0, 0.05) is 19.7 Å². The minimum absolute atomic E-state index is 1.09. The molecule has 0 amide bonds. The lowest BCUT2D eigenvalue weighted by Crippen LogP contribution is -2.29. The third-order valence-corrected chi connectivity index (χ3v) is 2.78. The van der Waals surface area contributed by atoms with Crippen LogP contribution in [0.3, 0.4) is 0 Å². The Bertz CT molecular complexity index is 336. The topological polar surface area (TPSA) is 15.6 Å². The molecule has 0 fully saturated rings. The van der Waals surface area contributed by atoms with Crippen molar-refractivity contribution in [3.63, 3.8) is 0 Å². The van der Waals surface area contributed by atoms with E-state index in [1.54, 1.807) is 0 Å². The maximum Gasteiger partial charge on any atom is 0.175 e. The summed E-state index contributed by atoms with van der Waals surface area (Å²) in [6.45, 7) is 6.75. The van der Waals surface area contributed by atoms with E-state index in [4.69, 9.17) is 4.66 Å². The Morgan fingerprint density at radius 3 is 2.00 bits per heavy atom. The van der Waals surface area contributed by atoms with Crippen molar-refractivity contribution in [3.05, 3.63) is 35.9 Å². The molecule has 0 saturated heterocycles. The monoisotopic (exact) mass is 220 g/mol. The molecule has 0 saturated carbocycles. The molecule has 1 aromatic rings. The Morgan fingerprint density at radius 1 is 1.07 bits per heavy atom. The van der Waals surface area contributed by atoms with Crippen molar-refractivity contribution in [2.75, 3.05) is 14.1 Å². The number of nitrogens with zero attached hydrogens (tertiary/aromatic N) is 2. The van der Waals surface area contributed by atoms with Gasteiger partial charge >= 0.3 is 0 Å². The molecule has 0 spiro atoms. The van der Waals surface area contributed by atoms with Gasteiger partial charge in [-0.2, -0.15) is 0 Å². The predicted octanol–water partition coefficient (Wildman–Crippen LogP) is 2.83. The molecular weight excluding hydrogens is 200 g/mol. The van der Waals surface area contributed by atoms with Crippen molar-refractivity contribution >= 4 is 14.1 Å². The van der Waals surface area contributed by atoms with E-state index in [9.17, 15) is 0 Å². The van der Waals surface area contributed by atoms with E-state index in [0.29, 0.717) is 0 Å². The minimum Gasteiger partial charge on any atom is -0.363 e. The Morgan fingerprint density at radius 2 is 1.60 bits per heavy atom. The number of hydrogen-bond donors (Lipinski definition) is 0. The lowest BCUT2D eigenvalue weighted by molar-refractivity contribution is 0.625. The zero-order chi connectivity index (χ0) is 11.5. The van der Waals surface area contributed by atoms with E-state index in [0.717, 1.165) is 5.84 Å². The quantitative estimate of drug-likeness (QED) is 0.425. The van der Waals surface area contributed by atoms with Crippen molar-refractivity contribution < 1.29 is 0 Å². The maximum atomic E-state index is 4.86. The summed E-state index contributed by atoms with van der Waals surface area (Å²) in [5.41, 5.74) is 1.20. The third kappa shape index (κ3) is 3.87. The van der Waals surface area contributed by atoms with Crippen LogP contribution >= 0.6 is 0 Å². The van der Waals surface area contributed by atoms with Gasteiger partial charge in [-0.05, 0) is 19.6 Å². The van der Waals surface area contributed by atoms with Crippen LogP contribution in [0, 0.1) is 0 Å². The van der Waals surface area contributed by atoms with Crippen LogP contribution in [0.5, 0.6) is 0 Å². The normalized spacial score (nSPS) is 12.7. The fourth-order valence-electron chi connectivity index (χ4n) is 1.33. The lowest BCUT2D eigenvalue weighted by atomic mass is 10.2. The van der Waals surface area contributed by atoms with Crippen LogP contribution in [-0.4, -0.2) is 33.1 Å². The first-order valence-electron chi connectivity index (χ1n) is 5.23. The van der Waals surface area contributed by atoms with Crippen LogP contribution in [0.15, 0.2) is 35.0 Å². The molecule has 82 valence electrons. The van der Waals surface area contributed by atoms with Gasteiger partial charge in [-0.25, -0.2) is 0 Å². The van der Waals surface area contributed by atoms with Crippen molar-refractivity contribution in [1.82, 2.24) is 4.90 Å². The van der Waals surface area contributed by atoms with E-state index in [2.05, 4.69) is 48.8 Å². The molecule has 0 bridgehead atoms. The van der Waals surface area contributed by atoms with Crippen molar-refractivity contribution in [2.24, 2.45) is 4.66 Å². The van der Waals surface area contributed by atoms with E-state index < -0.39 is 8.24 Å². The van der Waals surface area contributed by atoms with Crippen LogP contribution in [0.4, 0.5) is 0 Å². The molecule has 0 heterocycles. The molecular formula is C12H20N2Si. The summed E-state index contributed by atoms with van der Waals surface area (Å²) in [4.78, 5) is 2.09. The van der Waals surface area contributed by atoms with Crippen LogP contribution < -0.4 is 0 Å². The molecule has 1 aromatic carbocycles. The summed E-state index contributed by atoms with van der Waals surface area (Å²) >= 11 is 0. The summed E-state index contributed by atoms with van der Waals surface area (Å²) in [5, 5.41) is 0. The predicted molar refractivity (Wildman–Crippen MR) is 70.0 cm³/mol. The van der Waals surface area contributed by atoms with Crippen LogP contribution in [0.25, 0.3) is 0 Å². The molecule has 0 aliphatic rings. The third-order valence-electron chi connectivity index (χ3n) is 1.90. The van der Waals surface area contributed by atoms with Gasteiger partial charge in [0.2, 0.25) is 0 Å². The molecule has 0 N–H and O–H groups in total. The second-order valence-electron chi connectivity index (χ2n) is 4.87. The molecule has 1 rings (SSSR count). The van der Waals surface area contributed by atoms with Crippen molar-refractivity contribution in [2.45, 2.75) is 19.6 Å². The first-order valence-corrected chi connectivity index (χ1v) is 8.67. The van der Waals surface area contributed by atoms with Gasteiger partial charge in [0.05, 0.1) is 0 Å². The average Bonchev–Trinajstić information content (AvgIpc) is 2.14. The van der Waals surface area contributed by atoms with Crippen LogP contribution in [-0.2, 0) is 0 Å². The molecule has 0 unspecified atom stereocenters. The SMILES string of the molecule is CN(C)/C(=N\[Si](C)(C)C)c1ccccc1. The first-order chi connectivity index (χ1) is 6.90. The van der Waals surface area contributed by atoms with Crippen LogP contribution in [0.2, 0.25) is 19.6 Å². The number of rotatable bonds is 2. The van der Waals surface area contributed by atoms with Crippen molar-refractivity contribution in [3.8, 4) is 0 Å². The Labute approximate surface area is 93.7 Å². The van der Waals surface area contributed by atoms with Crippen LogP contribution in [0.1, 0.15) is 5.56 Å². The second-order valence-corrected chi connectivity index (χ2v) is 9.43. The Kier molecular flexibility index (Phi) is 3.69. The standard InChI is InChI=1S/C12H20N2Si/c1-14(2)12(13-15(3,4)5)11-9-7-6-8-10-11/h6-10H,1-5H3/b13-12-. The van der Waals surface area contributed by atoms with E-state index >= 15 is 0 Å². The second kappa shape index (κ2) is 4.62. The summed E-state index contributed by atoms with van der Waals surface area (Å²) in [6, 6.07) is 10.4.